The van der Waals surface area contributed by atoms with Crippen molar-refractivity contribution in [3.05, 3.63) is 24.3 Å². The number of carbonyl (C=O) groups is 3. The molecule has 138 valence electrons. The fourth-order valence-corrected chi connectivity index (χ4v) is 2.32. The number of hydrogen-bond donors (Lipinski definition) is 3. The molecule has 1 rings (SSSR count). The van der Waals surface area contributed by atoms with Crippen molar-refractivity contribution < 1.29 is 32.3 Å². The summed E-state index contributed by atoms with van der Waals surface area (Å²) in [6, 6.07) is 3.33. The van der Waals surface area contributed by atoms with Gasteiger partial charge < -0.3 is 20.1 Å². The van der Waals surface area contributed by atoms with Crippen molar-refractivity contribution in [1.82, 2.24) is 5.32 Å². The molecule has 2 amide bonds. The van der Waals surface area contributed by atoms with E-state index in [0.29, 0.717) is 0 Å². The highest BCUT2D eigenvalue weighted by molar-refractivity contribution is 7.89. The van der Waals surface area contributed by atoms with E-state index >= 15 is 0 Å². The molecule has 0 saturated carbocycles. The number of methoxy groups -OCH3 is 2. The molecule has 25 heavy (non-hydrogen) atoms. The molecule has 1 aromatic carbocycles. The molecule has 4 N–H and O–H groups in total. The van der Waals surface area contributed by atoms with E-state index in [1.807, 2.05) is 0 Å². The van der Waals surface area contributed by atoms with Crippen LogP contribution in [0.1, 0.15) is 12.8 Å². The first-order chi connectivity index (χ1) is 11.7. The van der Waals surface area contributed by atoms with E-state index in [-0.39, 0.29) is 23.4 Å². The number of anilines is 1. The monoisotopic (exact) mass is 373 g/mol. The largest absolute Gasteiger partial charge is 0.469 e. The number of primary sulfonamides is 1. The second kappa shape index (κ2) is 8.99. The summed E-state index contributed by atoms with van der Waals surface area (Å²) in [4.78, 5) is 34.7. The van der Waals surface area contributed by atoms with Crippen LogP contribution >= 0.6 is 0 Å². The van der Waals surface area contributed by atoms with Crippen LogP contribution in [0.4, 0.5) is 10.5 Å². The lowest BCUT2D eigenvalue weighted by Gasteiger charge is -2.16. The maximum absolute atomic E-state index is 12.0. The van der Waals surface area contributed by atoms with Gasteiger partial charge in [-0.15, -0.1) is 0 Å². The van der Waals surface area contributed by atoms with Crippen LogP contribution in [0.3, 0.4) is 0 Å². The maximum Gasteiger partial charge on any atom is 0.328 e. The van der Waals surface area contributed by atoms with Crippen molar-refractivity contribution in [3.8, 4) is 0 Å². The number of nitrogens with two attached hydrogens (primary N) is 1. The number of nitrogens with one attached hydrogen (secondary N) is 2. The highest BCUT2D eigenvalue weighted by Gasteiger charge is 2.22. The molecule has 10 nitrogen and oxygen atoms in total. The molecule has 0 radical (unpaired) electrons. The number of urea groups is 1. The van der Waals surface area contributed by atoms with E-state index in [9.17, 15) is 22.8 Å². The number of rotatable bonds is 7. The zero-order valence-corrected chi connectivity index (χ0v) is 14.5. The van der Waals surface area contributed by atoms with Crippen molar-refractivity contribution in [2.24, 2.45) is 5.14 Å². The van der Waals surface area contributed by atoms with E-state index in [2.05, 4.69) is 20.1 Å². The van der Waals surface area contributed by atoms with Crippen LogP contribution in [0.15, 0.2) is 29.2 Å². The predicted molar refractivity (Wildman–Crippen MR) is 87.0 cm³/mol. The Hall–Kier alpha value is -2.66. The number of ether oxygens (including phenoxy) is 2. The minimum absolute atomic E-state index is 0.00286. The van der Waals surface area contributed by atoms with Crippen LogP contribution < -0.4 is 15.8 Å². The molecular weight excluding hydrogens is 354 g/mol. The highest BCUT2D eigenvalue weighted by Crippen LogP contribution is 2.12. The molecule has 11 heteroatoms. The lowest BCUT2D eigenvalue weighted by molar-refractivity contribution is -0.144. The van der Waals surface area contributed by atoms with Gasteiger partial charge in [0.1, 0.15) is 6.04 Å². The molecule has 0 aromatic heterocycles. The number of hydrogen-bond acceptors (Lipinski definition) is 7. The van der Waals surface area contributed by atoms with E-state index in [1.165, 1.54) is 31.4 Å². The quantitative estimate of drug-likeness (QED) is 0.566. The number of benzene rings is 1. The number of sulfonamides is 1. The molecule has 0 aliphatic rings. The number of carbonyl (C=O) groups excluding carboxylic acids is 3. The molecule has 1 unspecified atom stereocenters. The SMILES string of the molecule is COC(=O)CCC(NC(=O)Nc1ccc(S(N)(=O)=O)cc1)C(=O)OC. The molecule has 1 atom stereocenters. The Balaban J connectivity index is 2.70. The smallest absolute Gasteiger partial charge is 0.328 e. The van der Waals surface area contributed by atoms with Gasteiger partial charge in [0.05, 0.1) is 19.1 Å². The summed E-state index contributed by atoms with van der Waals surface area (Å²) in [6.07, 6.45) is -0.0866. The first-order valence-corrected chi connectivity index (χ1v) is 8.57. The maximum atomic E-state index is 12.0. The molecule has 0 aliphatic heterocycles. The third-order valence-electron chi connectivity index (χ3n) is 3.10. The Bertz CT molecular complexity index is 731. The van der Waals surface area contributed by atoms with E-state index in [1.54, 1.807) is 0 Å². The molecule has 0 spiro atoms. The van der Waals surface area contributed by atoms with Crippen molar-refractivity contribution >= 4 is 33.7 Å². The van der Waals surface area contributed by atoms with Crippen LogP contribution in [0.5, 0.6) is 0 Å². The van der Waals surface area contributed by atoms with Gasteiger partial charge in [0.2, 0.25) is 10.0 Å². The Morgan fingerprint density at radius 3 is 2.20 bits per heavy atom. The summed E-state index contributed by atoms with van der Waals surface area (Å²) in [6.45, 7) is 0. The van der Waals surface area contributed by atoms with Gasteiger partial charge in [0.25, 0.3) is 0 Å². The molecule has 1 aromatic rings. The normalized spacial score (nSPS) is 12.0. The van der Waals surface area contributed by atoms with Gasteiger partial charge in [-0.2, -0.15) is 0 Å². The zero-order chi connectivity index (χ0) is 19.0. The highest BCUT2D eigenvalue weighted by atomic mass is 32.2. The third kappa shape index (κ3) is 6.77. The van der Waals surface area contributed by atoms with E-state index < -0.39 is 34.0 Å². The molecule has 0 saturated heterocycles. The van der Waals surface area contributed by atoms with Gasteiger partial charge in [-0.3, -0.25) is 4.79 Å². The first kappa shape index (κ1) is 20.4. The van der Waals surface area contributed by atoms with Crippen LogP contribution in [0.2, 0.25) is 0 Å². The van der Waals surface area contributed by atoms with Crippen LogP contribution in [-0.2, 0) is 29.1 Å². The summed E-state index contributed by atoms with van der Waals surface area (Å²) in [5.41, 5.74) is 0.279. The van der Waals surface area contributed by atoms with Gasteiger partial charge in [0.15, 0.2) is 0 Å². The van der Waals surface area contributed by atoms with Gasteiger partial charge in [-0.25, -0.2) is 23.1 Å². The first-order valence-electron chi connectivity index (χ1n) is 7.02. The summed E-state index contributed by atoms with van der Waals surface area (Å²) >= 11 is 0. The number of amides is 2. The van der Waals surface area contributed by atoms with Gasteiger partial charge in [-0.1, -0.05) is 0 Å². The van der Waals surface area contributed by atoms with Crippen molar-refractivity contribution in [1.29, 1.82) is 0 Å². The minimum Gasteiger partial charge on any atom is -0.469 e. The summed E-state index contributed by atoms with van der Waals surface area (Å²) in [7, 11) is -1.47. The molecule has 0 aliphatic carbocycles. The molecule has 0 heterocycles. The Kier molecular flexibility index (Phi) is 7.33. The van der Waals surface area contributed by atoms with Crippen molar-refractivity contribution in [2.45, 2.75) is 23.8 Å². The minimum atomic E-state index is -3.83. The molecule has 0 fully saturated rings. The van der Waals surface area contributed by atoms with Crippen LogP contribution in [0.25, 0.3) is 0 Å². The summed E-state index contributed by atoms with van der Waals surface area (Å²) in [5, 5.41) is 9.76. The summed E-state index contributed by atoms with van der Waals surface area (Å²) < 4.78 is 31.4. The lowest BCUT2D eigenvalue weighted by Crippen LogP contribution is -2.43. The Morgan fingerprint density at radius 1 is 1.12 bits per heavy atom. The Labute approximate surface area is 144 Å². The fourth-order valence-electron chi connectivity index (χ4n) is 1.81. The summed E-state index contributed by atoms with van der Waals surface area (Å²) in [5.74, 6) is -1.25. The average Bonchev–Trinajstić information content (AvgIpc) is 2.57. The second-order valence-corrected chi connectivity index (χ2v) is 6.42. The lowest BCUT2D eigenvalue weighted by atomic mass is 10.1. The number of esters is 2. The Morgan fingerprint density at radius 2 is 1.72 bits per heavy atom. The zero-order valence-electron chi connectivity index (χ0n) is 13.6. The van der Waals surface area contributed by atoms with Crippen LogP contribution in [0, 0.1) is 0 Å². The predicted octanol–water partition coefficient (Wildman–Crippen LogP) is -0.0497. The third-order valence-corrected chi connectivity index (χ3v) is 4.03. The topological polar surface area (TPSA) is 154 Å². The average molecular weight is 373 g/mol. The fraction of sp³-hybridized carbons (Fsp3) is 0.357. The van der Waals surface area contributed by atoms with Gasteiger partial charge in [0, 0.05) is 12.1 Å². The van der Waals surface area contributed by atoms with Gasteiger partial charge in [-0.05, 0) is 30.7 Å². The van der Waals surface area contributed by atoms with E-state index in [0.717, 1.165) is 7.11 Å². The van der Waals surface area contributed by atoms with Crippen molar-refractivity contribution in [3.63, 3.8) is 0 Å². The molecule has 0 bridgehead atoms. The second-order valence-electron chi connectivity index (χ2n) is 4.86. The standard InChI is InChI=1S/C14H19N3O7S/c1-23-12(18)8-7-11(13(19)24-2)17-14(20)16-9-3-5-10(6-4-9)25(15,21)22/h3-6,11H,7-8H2,1-2H3,(H2,15,21,22)(H2,16,17,20). The molecular formula is C14H19N3O7S. The van der Waals surface area contributed by atoms with Crippen LogP contribution in [-0.4, -0.2) is 46.6 Å². The van der Waals surface area contributed by atoms with E-state index in [4.69, 9.17) is 5.14 Å². The van der Waals surface area contributed by atoms with Crippen molar-refractivity contribution in [2.75, 3.05) is 19.5 Å². The van der Waals surface area contributed by atoms with Gasteiger partial charge >= 0.3 is 18.0 Å².